The number of hydrazone groups is 1. The smallest absolute Gasteiger partial charge is 0.277 e. The van der Waals surface area contributed by atoms with Crippen LogP contribution in [0.1, 0.15) is 11.1 Å². The van der Waals surface area contributed by atoms with E-state index in [1.807, 2.05) is 97.1 Å². The van der Waals surface area contributed by atoms with Crippen LogP contribution in [0.3, 0.4) is 0 Å². The minimum absolute atomic E-state index is 0.115. The Morgan fingerprint density at radius 3 is 2.42 bits per heavy atom. The summed E-state index contributed by atoms with van der Waals surface area (Å²) in [5.41, 5.74) is 4.40. The van der Waals surface area contributed by atoms with Gasteiger partial charge in [-0.15, -0.1) is 0 Å². The van der Waals surface area contributed by atoms with Crippen molar-refractivity contribution < 1.29 is 14.3 Å². The molecule has 0 aliphatic rings. The molecule has 0 spiro atoms. The summed E-state index contributed by atoms with van der Waals surface area (Å²) >= 11 is 0. The second kappa shape index (κ2) is 10.1. The van der Waals surface area contributed by atoms with E-state index < -0.39 is 0 Å². The molecule has 0 saturated heterocycles. The maximum absolute atomic E-state index is 12.0. The molecule has 0 aliphatic carbocycles. The third kappa shape index (κ3) is 5.93. The first-order valence-corrected chi connectivity index (χ1v) is 9.96. The number of hydrogen-bond donors (Lipinski definition) is 1. The topological polar surface area (TPSA) is 59.9 Å². The summed E-state index contributed by atoms with van der Waals surface area (Å²) in [5, 5.41) is 6.19. The number of carbonyl (C=O) groups is 1. The Kier molecular flexibility index (Phi) is 6.55. The SMILES string of the molecule is O=C(COc1ccc2ccccc2c1)N/N=C\c1cccc(OCc2ccccc2)c1. The fourth-order valence-electron chi connectivity index (χ4n) is 3.04. The molecule has 0 fully saturated rings. The van der Waals surface area contributed by atoms with Gasteiger partial charge in [0.1, 0.15) is 18.1 Å². The van der Waals surface area contributed by atoms with E-state index in [1.165, 1.54) is 0 Å². The molecular weight excluding hydrogens is 388 g/mol. The zero-order valence-corrected chi connectivity index (χ0v) is 16.9. The standard InChI is InChI=1S/C26H22N2O3/c29-26(19-31-25-14-13-22-10-4-5-11-23(22)16-25)28-27-17-21-9-6-12-24(15-21)30-18-20-7-2-1-3-8-20/h1-17H,18-19H2,(H,28,29)/b27-17-. The zero-order chi connectivity index (χ0) is 21.3. The van der Waals surface area contributed by atoms with Crippen molar-refractivity contribution in [3.8, 4) is 11.5 Å². The zero-order valence-electron chi connectivity index (χ0n) is 16.9. The number of ether oxygens (including phenoxy) is 2. The van der Waals surface area contributed by atoms with E-state index in [2.05, 4.69) is 10.5 Å². The molecule has 0 aliphatic heterocycles. The van der Waals surface area contributed by atoms with E-state index in [1.54, 1.807) is 6.21 Å². The summed E-state index contributed by atoms with van der Waals surface area (Å²) in [6.45, 7) is 0.375. The van der Waals surface area contributed by atoms with E-state index in [-0.39, 0.29) is 12.5 Å². The molecule has 1 N–H and O–H groups in total. The summed E-state index contributed by atoms with van der Waals surface area (Å²) in [4.78, 5) is 12.0. The lowest BCUT2D eigenvalue weighted by atomic mass is 10.1. The summed E-state index contributed by atoms with van der Waals surface area (Å²) in [7, 11) is 0. The van der Waals surface area contributed by atoms with Gasteiger partial charge in [-0.25, -0.2) is 5.43 Å². The molecule has 0 unspecified atom stereocenters. The summed E-state index contributed by atoms with van der Waals surface area (Å²) < 4.78 is 11.4. The van der Waals surface area contributed by atoms with E-state index >= 15 is 0 Å². The van der Waals surface area contributed by atoms with Crippen LogP contribution in [0.25, 0.3) is 10.8 Å². The molecule has 5 heteroatoms. The molecule has 4 aromatic rings. The van der Waals surface area contributed by atoms with Crippen molar-refractivity contribution in [3.63, 3.8) is 0 Å². The highest BCUT2D eigenvalue weighted by atomic mass is 16.5. The first-order valence-electron chi connectivity index (χ1n) is 9.96. The van der Waals surface area contributed by atoms with Crippen molar-refractivity contribution in [3.05, 3.63) is 108 Å². The third-order valence-corrected chi connectivity index (χ3v) is 4.60. The van der Waals surface area contributed by atoms with Gasteiger partial charge in [-0.05, 0) is 46.2 Å². The summed E-state index contributed by atoms with van der Waals surface area (Å²) in [5.74, 6) is 1.04. The normalized spacial score (nSPS) is 10.8. The molecule has 5 nitrogen and oxygen atoms in total. The number of rotatable bonds is 8. The minimum Gasteiger partial charge on any atom is -0.489 e. The second-order valence-corrected chi connectivity index (χ2v) is 6.94. The van der Waals surface area contributed by atoms with Gasteiger partial charge in [0.2, 0.25) is 0 Å². The maximum Gasteiger partial charge on any atom is 0.277 e. The van der Waals surface area contributed by atoms with Crippen LogP contribution in [0.2, 0.25) is 0 Å². The van der Waals surface area contributed by atoms with Gasteiger partial charge in [0.05, 0.1) is 6.21 Å². The number of nitrogens with zero attached hydrogens (tertiary/aromatic N) is 1. The van der Waals surface area contributed by atoms with E-state index in [0.29, 0.717) is 12.4 Å². The van der Waals surface area contributed by atoms with Crippen LogP contribution in [0.5, 0.6) is 11.5 Å². The maximum atomic E-state index is 12.0. The van der Waals surface area contributed by atoms with Gasteiger partial charge in [0.25, 0.3) is 5.91 Å². The van der Waals surface area contributed by atoms with E-state index in [4.69, 9.17) is 9.47 Å². The molecule has 1 amide bonds. The second-order valence-electron chi connectivity index (χ2n) is 6.94. The lowest BCUT2D eigenvalue weighted by Crippen LogP contribution is -2.24. The first kappa shape index (κ1) is 20.2. The Balaban J connectivity index is 1.26. The predicted octanol–water partition coefficient (Wildman–Crippen LogP) is 4.95. The molecule has 0 aromatic heterocycles. The van der Waals surface area contributed by atoms with Crippen LogP contribution in [0.15, 0.2) is 102 Å². The molecule has 31 heavy (non-hydrogen) atoms. The van der Waals surface area contributed by atoms with Gasteiger partial charge in [0, 0.05) is 0 Å². The van der Waals surface area contributed by atoms with Crippen molar-refractivity contribution in [1.29, 1.82) is 0 Å². The van der Waals surface area contributed by atoms with E-state index in [0.717, 1.165) is 27.6 Å². The Labute approximate surface area is 180 Å². The summed E-state index contributed by atoms with van der Waals surface area (Å²) in [6.07, 6.45) is 1.57. The van der Waals surface area contributed by atoms with Gasteiger partial charge < -0.3 is 9.47 Å². The number of carbonyl (C=O) groups excluding carboxylic acids is 1. The van der Waals surface area contributed by atoms with Crippen LogP contribution < -0.4 is 14.9 Å². The van der Waals surface area contributed by atoms with Crippen molar-refractivity contribution in [2.24, 2.45) is 5.10 Å². The molecule has 4 rings (SSSR count). The molecule has 0 bridgehead atoms. The fraction of sp³-hybridized carbons (Fsp3) is 0.0769. The lowest BCUT2D eigenvalue weighted by Gasteiger charge is -2.07. The van der Waals surface area contributed by atoms with Crippen molar-refractivity contribution >= 4 is 22.9 Å². The first-order chi connectivity index (χ1) is 15.3. The fourth-order valence-corrected chi connectivity index (χ4v) is 3.04. The van der Waals surface area contributed by atoms with Gasteiger partial charge in [-0.3, -0.25) is 4.79 Å². The van der Waals surface area contributed by atoms with Crippen molar-refractivity contribution in [1.82, 2.24) is 5.43 Å². The van der Waals surface area contributed by atoms with Gasteiger partial charge >= 0.3 is 0 Å². The Morgan fingerprint density at radius 1 is 0.774 bits per heavy atom. The van der Waals surface area contributed by atoms with Crippen LogP contribution >= 0.6 is 0 Å². The molecule has 0 heterocycles. The Hall–Kier alpha value is -4.12. The van der Waals surface area contributed by atoms with Gasteiger partial charge in [-0.2, -0.15) is 5.10 Å². The predicted molar refractivity (Wildman–Crippen MR) is 122 cm³/mol. The Morgan fingerprint density at radius 2 is 1.55 bits per heavy atom. The molecular formula is C26H22N2O3. The molecule has 154 valence electrons. The quantitative estimate of drug-likeness (QED) is 0.330. The number of fused-ring (bicyclic) bond motifs is 1. The largest absolute Gasteiger partial charge is 0.489 e. The van der Waals surface area contributed by atoms with Gasteiger partial charge in [-0.1, -0.05) is 72.8 Å². The molecule has 0 atom stereocenters. The average molecular weight is 410 g/mol. The van der Waals surface area contributed by atoms with Crippen LogP contribution in [-0.2, 0) is 11.4 Å². The van der Waals surface area contributed by atoms with Crippen LogP contribution in [-0.4, -0.2) is 18.7 Å². The highest BCUT2D eigenvalue weighted by Gasteiger charge is 2.03. The number of nitrogens with one attached hydrogen (secondary N) is 1. The minimum atomic E-state index is -0.333. The number of benzene rings is 4. The summed E-state index contributed by atoms with van der Waals surface area (Å²) in [6, 6.07) is 31.2. The van der Waals surface area contributed by atoms with Crippen molar-refractivity contribution in [2.75, 3.05) is 6.61 Å². The van der Waals surface area contributed by atoms with E-state index in [9.17, 15) is 4.79 Å². The van der Waals surface area contributed by atoms with Crippen LogP contribution in [0, 0.1) is 0 Å². The highest BCUT2D eigenvalue weighted by Crippen LogP contribution is 2.20. The molecule has 4 aromatic carbocycles. The average Bonchev–Trinajstić information content (AvgIpc) is 2.82. The number of hydrogen-bond acceptors (Lipinski definition) is 4. The highest BCUT2D eigenvalue weighted by molar-refractivity contribution is 5.85. The lowest BCUT2D eigenvalue weighted by molar-refractivity contribution is -0.123. The Bertz CT molecular complexity index is 1190. The third-order valence-electron chi connectivity index (χ3n) is 4.60. The monoisotopic (exact) mass is 410 g/mol. The van der Waals surface area contributed by atoms with Crippen LogP contribution in [0.4, 0.5) is 0 Å². The molecule has 0 radical (unpaired) electrons. The van der Waals surface area contributed by atoms with Crippen molar-refractivity contribution in [2.45, 2.75) is 6.61 Å². The number of amides is 1. The van der Waals surface area contributed by atoms with Gasteiger partial charge in [0.15, 0.2) is 6.61 Å². The molecule has 0 saturated carbocycles.